The monoisotopic (exact) mass is 242 g/mol. The maximum Gasteiger partial charge on any atom is 0.122 e. The molecular formula is C13H19ClO2. The molecule has 0 atom stereocenters. The second-order valence-corrected chi connectivity index (χ2v) is 4.23. The van der Waals surface area contributed by atoms with Crippen LogP contribution in [0.3, 0.4) is 0 Å². The summed E-state index contributed by atoms with van der Waals surface area (Å²) in [6, 6.07) is 4.22. The van der Waals surface area contributed by atoms with Crippen molar-refractivity contribution in [1.29, 1.82) is 0 Å². The third kappa shape index (κ3) is 4.03. The number of hydrogen-bond acceptors (Lipinski definition) is 2. The van der Waals surface area contributed by atoms with Gasteiger partial charge in [0.15, 0.2) is 0 Å². The van der Waals surface area contributed by atoms with E-state index in [9.17, 15) is 0 Å². The van der Waals surface area contributed by atoms with E-state index in [1.807, 2.05) is 0 Å². The van der Waals surface area contributed by atoms with Gasteiger partial charge >= 0.3 is 0 Å². The van der Waals surface area contributed by atoms with E-state index in [0.29, 0.717) is 25.7 Å². The van der Waals surface area contributed by atoms with Crippen molar-refractivity contribution in [2.24, 2.45) is 0 Å². The number of alkyl halides is 1. The summed E-state index contributed by atoms with van der Waals surface area (Å²) in [6.07, 6.45) is 0. The molecular weight excluding hydrogens is 224 g/mol. The molecule has 16 heavy (non-hydrogen) atoms. The van der Waals surface area contributed by atoms with Gasteiger partial charge in [0.05, 0.1) is 13.2 Å². The molecule has 1 aromatic carbocycles. The van der Waals surface area contributed by atoms with E-state index in [4.69, 9.17) is 21.1 Å². The third-order valence-corrected chi connectivity index (χ3v) is 2.63. The molecule has 0 spiro atoms. The Morgan fingerprint density at radius 1 is 1.06 bits per heavy atom. The quantitative estimate of drug-likeness (QED) is 0.563. The summed E-state index contributed by atoms with van der Waals surface area (Å²) >= 11 is 5.50. The fourth-order valence-electron chi connectivity index (χ4n) is 1.52. The highest BCUT2D eigenvalue weighted by Crippen LogP contribution is 2.23. The zero-order valence-electron chi connectivity index (χ0n) is 10.2. The molecule has 1 aromatic rings. The number of halogens is 1. The van der Waals surface area contributed by atoms with Crippen molar-refractivity contribution in [3.63, 3.8) is 0 Å². The molecule has 0 unspecified atom stereocenters. The lowest BCUT2D eigenvalue weighted by molar-refractivity contribution is 0.111. The van der Waals surface area contributed by atoms with Crippen LogP contribution in [0.5, 0.6) is 5.75 Å². The lowest BCUT2D eigenvalue weighted by Gasteiger charge is -2.12. The molecule has 0 N–H and O–H groups in total. The summed E-state index contributed by atoms with van der Waals surface area (Å²) in [7, 11) is 0. The van der Waals surface area contributed by atoms with E-state index in [-0.39, 0.29) is 0 Å². The Balaban J connectivity index is 2.47. The van der Waals surface area contributed by atoms with Crippen molar-refractivity contribution in [3.8, 4) is 5.75 Å². The maximum atomic E-state index is 5.68. The van der Waals surface area contributed by atoms with Gasteiger partial charge in [-0.1, -0.05) is 6.07 Å². The second-order valence-electron chi connectivity index (χ2n) is 3.85. The van der Waals surface area contributed by atoms with Crippen molar-refractivity contribution in [2.75, 3.05) is 25.7 Å². The summed E-state index contributed by atoms with van der Waals surface area (Å²) in [6.45, 7) is 7.97. The van der Waals surface area contributed by atoms with Crippen molar-refractivity contribution in [1.82, 2.24) is 0 Å². The van der Waals surface area contributed by atoms with Crippen LogP contribution in [0.25, 0.3) is 0 Å². The third-order valence-electron chi connectivity index (χ3n) is 2.47. The lowest BCUT2D eigenvalue weighted by atomic mass is 10.1. The second kappa shape index (κ2) is 6.77. The molecule has 0 aliphatic rings. The van der Waals surface area contributed by atoms with Crippen LogP contribution in [0.2, 0.25) is 0 Å². The largest absolute Gasteiger partial charge is 0.491 e. The van der Waals surface area contributed by atoms with Crippen molar-refractivity contribution in [3.05, 3.63) is 28.8 Å². The predicted octanol–water partition coefficient (Wildman–Crippen LogP) is 3.25. The number of ether oxygens (including phenoxy) is 2. The van der Waals surface area contributed by atoms with Gasteiger partial charge in [-0.15, -0.1) is 11.6 Å². The Kier molecular flexibility index (Phi) is 5.64. The van der Waals surface area contributed by atoms with E-state index in [1.54, 1.807) is 0 Å². The van der Waals surface area contributed by atoms with Gasteiger partial charge in [-0.25, -0.2) is 0 Å². The van der Waals surface area contributed by atoms with Crippen LogP contribution < -0.4 is 4.74 Å². The number of hydrogen-bond donors (Lipinski definition) is 0. The summed E-state index contributed by atoms with van der Waals surface area (Å²) in [4.78, 5) is 0. The first-order chi connectivity index (χ1) is 7.65. The van der Waals surface area contributed by atoms with Crippen LogP contribution in [0.4, 0.5) is 0 Å². The van der Waals surface area contributed by atoms with Gasteiger partial charge in [0, 0.05) is 5.88 Å². The fraction of sp³-hybridized carbons (Fsp3) is 0.538. The van der Waals surface area contributed by atoms with E-state index in [0.717, 1.165) is 5.75 Å². The maximum absolute atomic E-state index is 5.68. The summed E-state index contributed by atoms with van der Waals surface area (Å²) < 4.78 is 10.9. The first kappa shape index (κ1) is 13.3. The zero-order chi connectivity index (χ0) is 12.0. The number of rotatable bonds is 6. The molecule has 0 bridgehead atoms. The van der Waals surface area contributed by atoms with Gasteiger partial charge in [-0.2, -0.15) is 0 Å². The molecule has 0 heterocycles. The van der Waals surface area contributed by atoms with Gasteiger partial charge in [-0.05, 0) is 43.5 Å². The Morgan fingerprint density at radius 3 is 2.50 bits per heavy atom. The van der Waals surface area contributed by atoms with E-state index < -0.39 is 0 Å². The van der Waals surface area contributed by atoms with Gasteiger partial charge < -0.3 is 9.47 Å². The van der Waals surface area contributed by atoms with Crippen molar-refractivity contribution in [2.45, 2.75) is 20.8 Å². The molecule has 0 radical (unpaired) electrons. The van der Waals surface area contributed by atoms with Crippen LogP contribution in [0, 0.1) is 20.8 Å². The minimum Gasteiger partial charge on any atom is -0.491 e. The van der Waals surface area contributed by atoms with E-state index in [1.165, 1.54) is 16.7 Å². The number of aryl methyl sites for hydroxylation is 2. The molecule has 0 aromatic heterocycles. The minimum atomic E-state index is 0.530. The van der Waals surface area contributed by atoms with Crippen LogP contribution in [0.15, 0.2) is 12.1 Å². The van der Waals surface area contributed by atoms with Gasteiger partial charge in [0.25, 0.3) is 0 Å². The van der Waals surface area contributed by atoms with E-state index in [2.05, 4.69) is 32.9 Å². The number of benzene rings is 1. The molecule has 2 nitrogen and oxygen atoms in total. The standard InChI is InChI=1S/C13H19ClO2/c1-10-8-11(2)12(3)13(9-10)16-7-6-15-5-4-14/h8-9H,4-7H2,1-3H3. The minimum absolute atomic E-state index is 0.530. The average molecular weight is 243 g/mol. The van der Waals surface area contributed by atoms with Crippen LogP contribution in [-0.4, -0.2) is 25.7 Å². The van der Waals surface area contributed by atoms with Crippen LogP contribution >= 0.6 is 11.6 Å². The summed E-state index contributed by atoms with van der Waals surface area (Å²) in [5.41, 5.74) is 3.68. The zero-order valence-corrected chi connectivity index (χ0v) is 10.9. The topological polar surface area (TPSA) is 18.5 Å². The molecule has 3 heteroatoms. The smallest absolute Gasteiger partial charge is 0.122 e. The molecule has 0 aliphatic carbocycles. The van der Waals surface area contributed by atoms with Gasteiger partial charge in [-0.3, -0.25) is 0 Å². The Bertz CT molecular complexity index is 337. The molecule has 0 amide bonds. The molecule has 0 saturated heterocycles. The predicted molar refractivity (Wildman–Crippen MR) is 67.7 cm³/mol. The molecule has 0 fully saturated rings. The highest BCUT2D eigenvalue weighted by atomic mass is 35.5. The highest BCUT2D eigenvalue weighted by molar-refractivity contribution is 6.17. The molecule has 1 rings (SSSR count). The van der Waals surface area contributed by atoms with Crippen LogP contribution in [-0.2, 0) is 4.74 Å². The molecule has 0 aliphatic heterocycles. The Labute approximate surface area is 103 Å². The SMILES string of the molecule is Cc1cc(C)c(C)c(OCCOCCCl)c1. The van der Waals surface area contributed by atoms with Crippen molar-refractivity contribution < 1.29 is 9.47 Å². The fourth-order valence-corrected chi connectivity index (χ4v) is 1.63. The van der Waals surface area contributed by atoms with Gasteiger partial charge in [0.1, 0.15) is 12.4 Å². The first-order valence-corrected chi connectivity index (χ1v) is 6.03. The highest BCUT2D eigenvalue weighted by Gasteiger charge is 2.03. The Morgan fingerprint density at radius 2 is 1.81 bits per heavy atom. The molecule has 90 valence electrons. The lowest BCUT2D eigenvalue weighted by Crippen LogP contribution is -2.09. The van der Waals surface area contributed by atoms with Crippen LogP contribution in [0.1, 0.15) is 16.7 Å². The molecule has 0 saturated carbocycles. The van der Waals surface area contributed by atoms with Crippen molar-refractivity contribution >= 4 is 11.6 Å². The Hall–Kier alpha value is -0.730. The summed E-state index contributed by atoms with van der Waals surface area (Å²) in [5, 5.41) is 0. The van der Waals surface area contributed by atoms with E-state index >= 15 is 0 Å². The summed E-state index contributed by atoms with van der Waals surface area (Å²) in [5.74, 6) is 1.48. The van der Waals surface area contributed by atoms with Gasteiger partial charge in [0.2, 0.25) is 0 Å². The normalized spacial score (nSPS) is 10.5. The average Bonchev–Trinajstić information content (AvgIpc) is 2.24. The first-order valence-electron chi connectivity index (χ1n) is 5.49.